The second-order valence-corrected chi connectivity index (χ2v) is 3.96. The molecule has 1 aromatic heterocycles. The zero-order valence-corrected chi connectivity index (χ0v) is 9.08. The first-order valence-electron chi connectivity index (χ1n) is 5.44. The van der Waals surface area contributed by atoms with Gasteiger partial charge in [-0.15, -0.1) is 0 Å². The SMILES string of the molecule is NC(=NO)[C@H](c1cccnc1)N1CCCC1. The van der Waals surface area contributed by atoms with Crippen molar-refractivity contribution in [2.24, 2.45) is 10.9 Å². The summed E-state index contributed by atoms with van der Waals surface area (Å²) in [5.74, 6) is 0.231. The minimum Gasteiger partial charge on any atom is -0.409 e. The normalized spacial score (nSPS) is 19.9. The van der Waals surface area contributed by atoms with E-state index in [1.165, 1.54) is 0 Å². The van der Waals surface area contributed by atoms with E-state index in [0.29, 0.717) is 0 Å². The molecular weight excluding hydrogens is 204 g/mol. The Hall–Kier alpha value is -1.62. The summed E-state index contributed by atoms with van der Waals surface area (Å²) in [6.07, 6.45) is 5.81. The van der Waals surface area contributed by atoms with Gasteiger partial charge in [0.2, 0.25) is 0 Å². The van der Waals surface area contributed by atoms with Crippen molar-refractivity contribution in [2.45, 2.75) is 18.9 Å². The third-order valence-electron chi connectivity index (χ3n) is 2.90. The number of amidine groups is 1. The van der Waals surface area contributed by atoms with Crippen molar-refractivity contribution in [1.29, 1.82) is 0 Å². The van der Waals surface area contributed by atoms with Crippen molar-refractivity contribution in [3.63, 3.8) is 0 Å². The molecule has 0 aliphatic carbocycles. The fraction of sp³-hybridized carbons (Fsp3) is 0.455. The highest BCUT2D eigenvalue weighted by molar-refractivity contribution is 5.86. The maximum Gasteiger partial charge on any atom is 0.161 e. The smallest absolute Gasteiger partial charge is 0.161 e. The number of nitrogens with two attached hydrogens (primary N) is 1. The molecule has 1 aliphatic heterocycles. The summed E-state index contributed by atoms with van der Waals surface area (Å²) in [4.78, 5) is 6.29. The van der Waals surface area contributed by atoms with Crippen LogP contribution in [0.4, 0.5) is 0 Å². The zero-order valence-electron chi connectivity index (χ0n) is 9.08. The van der Waals surface area contributed by atoms with E-state index in [1.54, 1.807) is 12.4 Å². The quantitative estimate of drug-likeness (QED) is 0.344. The Morgan fingerprint density at radius 3 is 2.81 bits per heavy atom. The minimum absolute atomic E-state index is 0.152. The Kier molecular flexibility index (Phi) is 3.36. The molecular formula is C11H16N4O. The van der Waals surface area contributed by atoms with E-state index in [4.69, 9.17) is 10.9 Å². The Morgan fingerprint density at radius 2 is 2.25 bits per heavy atom. The van der Waals surface area contributed by atoms with E-state index in [2.05, 4.69) is 15.0 Å². The second kappa shape index (κ2) is 4.94. The van der Waals surface area contributed by atoms with Gasteiger partial charge in [-0.25, -0.2) is 0 Å². The van der Waals surface area contributed by atoms with Gasteiger partial charge in [0.25, 0.3) is 0 Å². The Labute approximate surface area is 94.6 Å². The second-order valence-electron chi connectivity index (χ2n) is 3.96. The van der Waals surface area contributed by atoms with Crippen LogP contribution < -0.4 is 5.73 Å². The minimum atomic E-state index is -0.152. The molecule has 86 valence electrons. The van der Waals surface area contributed by atoms with Crippen molar-refractivity contribution in [3.8, 4) is 0 Å². The van der Waals surface area contributed by atoms with Gasteiger partial charge in [0, 0.05) is 12.4 Å². The van der Waals surface area contributed by atoms with Crippen molar-refractivity contribution in [1.82, 2.24) is 9.88 Å². The van der Waals surface area contributed by atoms with Crippen molar-refractivity contribution in [2.75, 3.05) is 13.1 Å². The zero-order chi connectivity index (χ0) is 11.4. The van der Waals surface area contributed by atoms with Crippen LogP contribution in [0.2, 0.25) is 0 Å². The number of oxime groups is 1. The number of likely N-dealkylation sites (tertiary alicyclic amines) is 1. The van der Waals surface area contributed by atoms with E-state index in [-0.39, 0.29) is 11.9 Å². The van der Waals surface area contributed by atoms with E-state index in [1.807, 2.05) is 12.1 Å². The van der Waals surface area contributed by atoms with Crippen LogP contribution >= 0.6 is 0 Å². The van der Waals surface area contributed by atoms with Crippen LogP contribution in [-0.2, 0) is 0 Å². The maximum absolute atomic E-state index is 8.84. The van der Waals surface area contributed by atoms with Gasteiger partial charge in [0.05, 0.1) is 6.04 Å². The summed E-state index contributed by atoms with van der Waals surface area (Å²) in [5, 5.41) is 12.0. The molecule has 0 aromatic carbocycles. The first kappa shape index (κ1) is 10.9. The molecule has 1 atom stereocenters. The van der Waals surface area contributed by atoms with Crippen molar-refractivity contribution < 1.29 is 5.21 Å². The van der Waals surface area contributed by atoms with Gasteiger partial charge in [-0.3, -0.25) is 9.88 Å². The molecule has 5 heteroatoms. The molecule has 3 N–H and O–H groups in total. The molecule has 0 spiro atoms. The van der Waals surface area contributed by atoms with Gasteiger partial charge in [0.1, 0.15) is 0 Å². The fourth-order valence-corrected chi connectivity index (χ4v) is 2.16. The molecule has 16 heavy (non-hydrogen) atoms. The monoisotopic (exact) mass is 220 g/mol. The van der Waals surface area contributed by atoms with Crippen LogP contribution in [0.15, 0.2) is 29.7 Å². The molecule has 0 bridgehead atoms. The summed E-state index contributed by atoms with van der Waals surface area (Å²) in [6.45, 7) is 1.96. The molecule has 1 aromatic rings. The third-order valence-corrected chi connectivity index (χ3v) is 2.90. The summed E-state index contributed by atoms with van der Waals surface area (Å²) in [7, 11) is 0. The van der Waals surface area contributed by atoms with E-state index >= 15 is 0 Å². The average Bonchev–Trinajstić information content (AvgIpc) is 2.84. The van der Waals surface area contributed by atoms with E-state index in [0.717, 1.165) is 31.5 Å². The van der Waals surface area contributed by atoms with Gasteiger partial charge in [-0.1, -0.05) is 11.2 Å². The molecule has 0 radical (unpaired) electrons. The summed E-state index contributed by atoms with van der Waals surface area (Å²) >= 11 is 0. The largest absolute Gasteiger partial charge is 0.409 e. The first-order chi connectivity index (χ1) is 7.83. The van der Waals surface area contributed by atoms with E-state index in [9.17, 15) is 0 Å². The number of hydrogen-bond donors (Lipinski definition) is 2. The van der Waals surface area contributed by atoms with Gasteiger partial charge in [-0.05, 0) is 37.6 Å². The standard InChI is InChI=1S/C11H16N4O/c12-11(14-16)10(15-6-1-2-7-15)9-4-3-5-13-8-9/h3-5,8,10,16H,1-2,6-7H2,(H2,12,14)/t10-/m0/s1. The summed E-state index contributed by atoms with van der Waals surface area (Å²) in [6, 6.07) is 3.66. The van der Waals surface area contributed by atoms with Gasteiger partial charge in [-0.2, -0.15) is 0 Å². The molecule has 2 rings (SSSR count). The van der Waals surface area contributed by atoms with Crippen molar-refractivity contribution in [3.05, 3.63) is 30.1 Å². The Morgan fingerprint density at radius 1 is 1.50 bits per heavy atom. The molecule has 0 amide bonds. The molecule has 1 aliphatic rings. The number of hydrogen-bond acceptors (Lipinski definition) is 4. The van der Waals surface area contributed by atoms with Gasteiger partial charge in [0.15, 0.2) is 5.84 Å². The topological polar surface area (TPSA) is 74.7 Å². The molecule has 1 saturated heterocycles. The Balaban J connectivity index is 2.27. The predicted octanol–water partition coefficient (Wildman–Crippen LogP) is 0.965. The lowest BCUT2D eigenvalue weighted by Gasteiger charge is -2.26. The lowest BCUT2D eigenvalue weighted by atomic mass is 10.1. The molecule has 2 heterocycles. The Bertz CT molecular complexity index is 360. The molecule has 0 saturated carbocycles. The summed E-state index contributed by atoms with van der Waals surface area (Å²) < 4.78 is 0. The number of rotatable bonds is 3. The van der Waals surface area contributed by atoms with Crippen molar-refractivity contribution >= 4 is 5.84 Å². The highest BCUT2D eigenvalue weighted by Gasteiger charge is 2.26. The van der Waals surface area contributed by atoms with Crippen LogP contribution in [-0.4, -0.2) is 34.0 Å². The molecule has 0 unspecified atom stereocenters. The maximum atomic E-state index is 8.84. The lowest BCUT2D eigenvalue weighted by Crippen LogP contribution is -2.36. The van der Waals surface area contributed by atoms with Crippen LogP contribution in [0.5, 0.6) is 0 Å². The predicted molar refractivity (Wildman–Crippen MR) is 61.2 cm³/mol. The highest BCUT2D eigenvalue weighted by Crippen LogP contribution is 2.24. The van der Waals surface area contributed by atoms with Gasteiger partial charge < -0.3 is 10.9 Å². The molecule has 1 fully saturated rings. The van der Waals surface area contributed by atoms with Crippen LogP contribution in [0.3, 0.4) is 0 Å². The summed E-state index contributed by atoms with van der Waals surface area (Å²) in [5.41, 5.74) is 6.73. The van der Waals surface area contributed by atoms with Crippen LogP contribution in [0.25, 0.3) is 0 Å². The fourth-order valence-electron chi connectivity index (χ4n) is 2.16. The van der Waals surface area contributed by atoms with Crippen LogP contribution in [0, 0.1) is 0 Å². The lowest BCUT2D eigenvalue weighted by molar-refractivity contribution is 0.278. The third kappa shape index (κ3) is 2.14. The number of pyridine rings is 1. The van der Waals surface area contributed by atoms with Crippen LogP contribution in [0.1, 0.15) is 24.4 Å². The first-order valence-corrected chi connectivity index (χ1v) is 5.44. The molecule has 5 nitrogen and oxygen atoms in total. The number of nitrogens with zero attached hydrogens (tertiary/aromatic N) is 3. The highest BCUT2D eigenvalue weighted by atomic mass is 16.4. The number of aromatic nitrogens is 1. The average molecular weight is 220 g/mol. The van der Waals surface area contributed by atoms with Gasteiger partial charge >= 0.3 is 0 Å². The van der Waals surface area contributed by atoms with E-state index < -0.39 is 0 Å².